The number of hydrogen-bond donors (Lipinski definition) is 1. The second-order valence-corrected chi connectivity index (χ2v) is 5.46. The molecule has 0 unspecified atom stereocenters. The minimum absolute atomic E-state index is 0.272. The Labute approximate surface area is 140 Å². The molecule has 0 saturated carbocycles. The molecular formula is C19H18N4O. The van der Waals surface area contributed by atoms with E-state index in [-0.39, 0.29) is 5.91 Å². The fourth-order valence-electron chi connectivity index (χ4n) is 2.50. The van der Waals surface area contributed by atoms with Crippen LogP contribution in [0.4, 0.5) is 5.69 Å². The summed E-state index contributed by atoms with van der Waals surface area (Å²) in [6.07, 6.45) is 1.30. The number of hydrogen-bond acceptors (Lipinski definition) is 4. The van der Waals surface area contributed by atoms with Crippen LogP contribution >= 0.6 is 0 Å². The van der Waals surface area contributed by atoms with Gasteiger partial charge in [-0.2, -0.15) is 10.1 Å². The largest absolute Gasteiger partial charge is 0.404 e. The highest BCUT2D eigenvalue weighted by Gasteiger charge is 2.32. The molecule has 2 N–H and O–H groups in total. The van der Waals surface area contributed by atoms with E-state index < -0.39 is 0 Å². The Morgan fingerprint density at radius 3 is 2.46 bits per heavy atom. The lowest BCUT2D eigenvalue weighted by Gasteiger charge is -2.11. The van der Waals surface area contributed by atoms with Crippen molar-refractivity contribution in [3.8, 4) is 0 Å². The molecule has 0 aliphatic carbocycles. The number of carbonyl (C=O) groups is 1. The standard InChI is InChI=1S/C19H18N4O/c1-13-8-6-7-11-17(13)21-14(2)23-19(24)16(12-20)18(22-23)15-9-4-3-5-10-15/h3-12H,20H2,1-2H3/b16-12+,21-14+. The number of amides is 1. The minimum atomic E-state index is -0.272. The van der Waals surface area contributed by atoms with E-state index in [1.807, 2.05) is 61.5 Å². The summed E-state index contributed by atoms with van der Waals surface area (Å²) < 4.78 is 0. The van der Waals surface area contributed by atoms with E-state index in [0.717, 1.165) is 16.8 Å². The molecule has 5 nitrogen and oxygen atoms in total. The van der Waals surface area contributed by atoms with E-state index >= 15 is 0 Å². The lowest BCUT2D eigenvalue weighted by atomic mass is 10.0. The van der Waals surface area contributed by atoms with Crippen molar-refractivity contribution in [3.63, 3.8) is 0 Å². The van der Waals surface area contributed by atoms with E-state index in [9.17, 15) is 4.79 Å². The number of aryl methyl sites for hydroxylation is 1. The van der Waals surface area contributed by atoms with Gasteiger partial charge in [-0.15, -0.1) is 0 Å². The van der Waals surface area contributed by atoms with Crippen LogP contribution in [0.3, 0.4) is 0 Å². The number of para-hydroxylation sites is 1. The number of hydrazone groups is 1. The molecule has 0 atom stereocenters. The molecule has 0 saturated heterocycles. The van der Waals surface area contributed by atoms with Crippen molar-refractivity contribution in [2.75, 3.05) is 0 Å². The Morgan fingerprint density at radius 2 is 1.79 bits per heavy atom. The summed E-state index contributed by atoms with van der Waals surface area (Å²) in [5.41, 5.74) is 9.28. The van der Waals surface area contributed by atoms with Gasteiger partial charge in [-0.05, 0) is 25.5 Å². The van der Waals surface area contributed by atoms with Gasteiger partial charge in [0.2, 0.25) is 0 Å². The second-order valence-electron chi connectivity index (χ2n) is 5.46. The predicted molar refractivity (Wildman–Crippen MR) is 96.0 cm³/mol. The third-order valence-electron chi connectivity index (χ3n) is 3.80. The van der Waals surface area contributed by atoms with E-state index in [2.05, 4.69) is 10.1 Å². The zero-order valence-electron chi connectivity index (χ0n) is 13.6. The molecular weight excluding hydrogens is 300 g/mol. The van der Waals surface area contributed by atoms with Crippen molar-refractivity contribution < 1.29 is 4.79 Å². The summed E-state index contributed by atoms with van der Waals surface area (Å²) in [6, 6.07) is 17.2. The molecule has 1 heterocycles. The Balaban J connectivity index is 2.01. The van der Waals surface area contributed by atoms with Crippen molar-refractivity contribution >= 4 is 23.1 Å². The highest BCUT2D eigenvalue weighted by molar-refractivity contribution is 6.33. The molecule has 24 heavy (non-hydrogen) atoms. The molecule has 2 aromatic rings. The lowest BCUT2D eigenvalue weighted by Crippen LogP contribution is -2.27. The minimum Gasteiger partial charge on any atom is -0.404 e. The summed E-state index contributed by atoms with van der Waals surface area (Å²) in [7, 11) is 0. The molecule has 0 radical (unpaired) electrons. The van der Waals surface area contributed by atoms with Crippen LogP contribution < -0.4 is 5.73 Å². The maximum atomic E-state index is 12.6. The van der Waals surface area contributed by atoms with Crippen LogP contribution in [-0.4, -0.2) is 22.5 Å². The van der Waals surface area contributed by atoms with Crippen molar-refractivity contribution in [3.05, 3.63) is 77.5 Å². The zero-order valence-corrected chi connectivity index (χ0v) is 13.6. The lowest BCUT2D eigenvalue weighted by molar-refractivity contribution is -0.122. The number of aliphatic imine (C=N–C) groups is 1. The Bertz CT molecular complexity index is 866. The first-order valence-electron chi connectivity index (χ1n) is 7.63. The van der Waals surface area contributed by atoms with Gasteiger partial charge in [-0.25, -0.2) is 4.99 Å². The molecule has 0 bridgehead atoms. The van der Waals surface area contributed by atoms with Gasteiger partial charge >= 0.3 is 0 Å². The molecule has 120 valence electrons. The number of nitrogens with zero attached hydrogens (tertiary/aromatic N) is 3. The van der Waals surface area contributed by atoms with Gasteiger partial charge in [0, 0.05) is 11.8 Å². The van der Waals surface area contributed by atoms with Gasteiger partial charge in [0.05, 0.1) is 11.3 Å². The van der Waals surface area contributed by atoms with Crippen LogP contribution in [0, 0.1) is 6.92 Å². The average Bonchev–Trinajstić information content (AvgIpc) is 2.94. The Morgan fingerprint density at radius 1 is 1.12 bits per heavy atom. The van der Waals surface area contributed by atoms with Crippen molar-refractivity contribution in [1.82, 2.24) is 5.01 Å². The normalized spacial score (nSPS) is 16.7. The first-order chi connectivity index (χ1) is 11.6. The molecule has 0 aromatic heterocycles. The third kappa shape index (κ3) is 2.84. The molecule has 1 aliphatic rings. The summed E-state index contributed by atoms with van der Waals surface area (Å²) in [4.78, 5) is 17.2. The summed E-state index contributed by atoms with van der Waals surface area (Å²) in [5, 5.41) is 5.74. The highest BCUT2D eigenvalue weighted by Crippen LogP contribution is 2.23. The number of nitrogens with two attached hydrogens (primary N) is 1. The molecule has 1 aliphatic heterocycles. The first-order valence-corrected chi connectivity index (χ1v) is 7.63. The van der Waals surface area contributed by atoms with Crippen LogP contribution in [0.5, 0.6) is 0 Å². The SMILES string of the molecule is C/C(=N\c1ccccc1C)N1N=C(c2ccccc2)/C(=C\N)C1=O. The number of carbonyl (C=O) groups excluding carboxylic acids is 1. The maximum absolute atomic E-state index is 12.6. The highest BCUT2D eigenvalue weighted by atomic mass is 16.2. The van der Waals surface area contributed by atoms with E-state index in [0.29, 0.717) is 17.1 Å². The van der Waals surface area contributed by atoms with Gasteiger partial charge in [-0.1, -0.05) is 48.5 Å². The van der Waals surface area contributed by atoms with E-state index in [1.54, 1.807) is 6.92 Å². The van der Waals surface area contributed by atoms with Crippen LogP contribution in [0.1, 0.15) is 18.1 Å². The van der Waals surface area contributed by atoms with Gasteiger partial charge in [-0.3, -0.25) is 4.79 Å². The average molecular weight is 318 g/mol. The molecule has 5 heteroatoms. The fourth-order valence-corrected chi connectivity index (χ4v) is 2.50. The number of amidine groups is 1. The van der Waals surface area contributed by atoms with Crippen LogP contribution in [0.25, 0.3) is 0 Å². The Hall–Kier alpha value is -3.21. The van der Waals surface area contributed by atoms with Crippen molar-refractivity contribution in [2.45, 2.75) is 13.8 Å². The monoisotopic (exact) mass is 318 g/mol. The van der Waals surface area contributed by atoms with Gasteiger partial charge in [0.15, 0.2) is 0 Å². The van der Waals surface area contributed by atoms with E-state index in [1.165, 1.54) is 11.2 Å². The summed E-state index contributed by atoms with van der Waals surface area (Å²) >= 11 is 0. The van der Waals surface area contributed by atoms with Crippen molar-refractivity contribution in [1.29, 1.82) is 0 Å². The quantitative estimate of drug-likeness (QED) is 0.525. The second kappa shape index (κ2) is 6.50. The number of benzene rings is 2. The fraction of sp³-hybridized carbons (Fsp3) is 0.105. The van der Waals surface area contributed by atoms with E-state index in [4.69, 9.17) is 5.73 Å². The molecule has 2 aromatic carbocycles. The van der Waals surface area contributed by atoms with Crippen LogP contribution in [-0.2, 0) is 4.79 Å². The van der Waals surface area contributed by atoms with Crippen molar-refractivity contribution in [2.24, 2.45) is 15.8 Å². The zero-order chi connectivity index (χ0) is 17.1. The van der Waals surface area contributed by atoms with Gasteiger partial charge in [0.1, 0.15) is 11.5 Å². The molecule has 0 spiro atoms. The van der Waals surface area contributed by atoms with Gasteiger partial charge < -0.3 is 5.73 Å². The third-order valence-corrected chi connectivity index (χ3v) is 3.80. The topological polar surface area (TPSA) is 71.1 Å². The number of rotatable bonds is 2. The smallest absolute Gasteiger partial charge is 0.283 e. The summed E-state index contributed by atoms with van der Waals surface area (Å²) in [5.74, 6) is 0.228. The molecule has 0 fully saturated rings. The molecule has 3 rings (SSSR count). The predicted octanol–water partition coefficient (Wildman–Crippen LogP) is 3.13. The van der Waals surface area contributed by atoms with Crippen LogP contribution in [0.2, 0.25) is 0 Å². The van der Waals surface area contributed by atoms with Crippen LogP contribution in [0.15, 0.2) is 76.5 Å². The first kappa shape index (κ1) is 15.7. The molecule has 1 amide bonds. The summed E-state index contributed by atoms with van der Waals surface area (Å²) in [6.45, 7) is 3.73. The maximum Gasteiger partial charge on any atom is 0.283 e. The Kier molecular flexibility index (Phi) is 4.24. The van der Waals surface area contributed by atoms with Gasteiger partial charge in [0.25, 0.3) is 5.91 Å².